The summed E-state index contributed by atoms with van der Waals surface area (Å²) in [6.45, 7) is 2.47. The zero-order valence-electron chi connectivity index (χ0n) is 16.4. The van der Waals surface area contributed by atoms with Crippen LogP contribution in [0.4, 0.5) is 26.3 Å². The van der Waals surface area contributed by atoms with E-state index in [0.29, 0.717) is 22.7 Å². The summed E-state index contributed by atoms with van der Waals surface area (Å²) in [6.07, 6.45) is 0. The Bertz CT molecular complexity index is 1030. The van der Waals surface area contributed by atoms with Crippen LogP contribution in [0.2, 0.25) is 0 Å². The van der Waals surface area contributed by atoms with Gasteiger partial charge >= 0.3 is 29.7 Å². The molecule has 0 unspecified atom stereocenters. The third-order valence-corrected chi connectivity index (χ3v) is 7.04. The summed E-state index contributed by atoms with van der Waals surface area (Å²) in [5.74, 6) is -18.1. The lowest BCUT2D eigenvalue weighted by atomic mass is 9.97. The monoisotopic (exact) mass is 484 g/mol. The molecule has 0 saturated carbocycles. The minimum atomic E-state index is -5.74. The average Bonchev–Trinajstić information content (AvgIpc) is 3.28. The molecule has 0 bridgehead atoms. The summed E-state index contributed by atoms with van der Waals surface area (Å²) < 4.78 is 97.2. The third kappa shape index (κ3) is 3.18. The number of carbonyl (C=O) groups is 2. The number of rotatable bonds is 4. The maximum absolute atomic E-state index is 14.9. The second kappa shape index (κ2) is 7.37. The number of aryl methyl sites for hydroxylation is 2. The lowest BCUT2D eigenvalue weighted by molar-refractivity contribution is -0.254. The Hall–Kier alpha value is -2.34. The summed E-state index contributed by atoms with van der Waals surface area (Å²) in [4.78, 5) is 22.5. The first-order valence-corrected chi connectivity index (χ1v) is 10.1. The van der Waals surface area contributed by atoms with Gasteiger partial charge in [-0.1, -0.05) is 0 Å². The third-order valence-electron chi connectivity index (χ3n) is 4.77. The number of halogens is 6. The molecule has 0 saturated heterocycles. The Kier molecular flexibility index (Phi) is 5.54. The maximum atomic E-state index is 14.9. The Morgan fingerprint density at radius 3 is 1.81 bits per heavy atom. The smallest absolute Gasteiger partial charge is 0.380 e. The van der Waals surface area contributed by atoms with Gasteiger partial charge in [-0.2, -0.15) is 26.3 Å². The van der Waals surface area contributed by atoms with Gasteiger partial charge in [0.25, 0.3) is 0 Å². The number of methoxy groups -OCH3 is 2. The van der Waals surface area contributed by atoms with Gasteiger partial charge in [0.1, 0.15) is 9.75 Å². The maximum Gasteiger partial charge on any atom is 0.380 e. The minimum Gasteiger partial charge on any atom is -0.465 e. The van der Waals surface area contributed by atoms with Crippen LogP contribution < -0.4 is 0 Å². The van der Waals surface area contributed by atoms with Crippen LogP contribution in [-0.2, 0) is 9.47 Å². The topological polar surface area (TPSA) is 52.6 Å². The van der Waals surface area contributed by atoms with Crippen molar-refractivity contribution in [3.63, 3.8) is 0 Å². The predicted octanol–water partition coefficient (Wildman–Crippen LogP) is 5.83. The van der Waals surface area contributed by atoms with Crippen LogP contribution in [-0.4, -0.2) is 43.9 Å². The molecule has 2 aromatic heterocycles. The van der Waals surface area contributed by atoms with Gasteiger partial charge in [-0.05, 0) is 37.1 Å². The molecule has 1 aliphatic rings. The van der Waals surface area contributed by atoms with Gasteiger partial charge in [-0.15, -0.1) is 22.7 Å². The van der Waals surface area contributed by atoms with Crippen molar-refractivity contribution in [2.24, 2.45) is 0 Å². The molecule has 1 aliphatic carbocycles. The highest BCUT2D eigenvalue weighted by Crippen LogP contribution is 2.66. The standard InChI is InChI=1S/C19H14F6O4S2/c1-7-5-10(15(26)28-3)31-14(7)13-12(17(20,21)19(24,25)18(13,22)23)9-6-11(16(27)29-4)30-8(9)2/h5-6H,1-4H3. The second-order valence-electron chi connectivity index (χ2n) is 6.66. The normalized spacial score (nSPS) is 18.9. The summed E-state index contributed by atoms with van der Waals surface area (Å²) >= 11 is 0.995. The van der Waals surface area contributed by atoms with E-state index >= 15 is 0 Å². The molecule has 0 amide bonds. The summed E-state index contributed by atoms with van der Waals surface area (Å²) in [5, 5.41) is 0. The molecule has 0 fully saturated rings. The van der Waals surface area contributed by atoms with Crippen molar-refractivity contribution < 1.29 is 45.4 Å². The second-order valence-corrected chi connectivity index (χ2v) is 8.97. The zero-order valence-corrected chi connectivity index (χ0v) is 18.0. The molecule has 0 aromatic carbocycles. The number of alkyl halides is 6. The number of thiophene rings is 2. The van der Waals surface area contributed by atoms with Crippen molar-refractivity contribution in [3.8, 4) is 0 Å². The lowest BCUT2D eigenvalue weighted by Crippen LogP contribution is -2.48. The van der Waals surface area contributed by atoms with Crippen molar-refractivity contribution in [1.29, 1.82) is 0 Å². The summed E-state index contributed by atoms with van der Waals surface area (Å²) in [6, 6.07) is 1.93. The van der Waals surface area contributed by atoms with E-state index in [-0.39, 0.29) is 20.2 Å². The van der Waals surface area contributed by atoms with Crippen LogP contribution >= 0.6 is 22.7 Å². The van der Waals surface area contributed by atoms with Gasteiger partial charge in [0.05, 0.1) is 19.8 Å². The van der Waals surface area contributed by atoms with Crippen LogP contribution in [0, 0.1) is 13.8 Å². The molecular weight excluding hydrogens is 470 g/mol. The Morgan fingerprint density at radius 2 is 1.29 bits per heavy atom. The highest BCUT2D eigenvalue weighted by Gasteiger charge is 2.80. The van der Waals surface area contributed by atoms with Gasteiger partial charge < -0.3 is 9.47 Å². The van der Waals surface area contributed by atoms with Crippen molar-refractivity contribution in [3.05, 3.63) is 42.8 Å². The molecule has 4 nitrogen and oxygen atoms in total. The highest BCUT2D eigenvalue weighted by atomic mass is 32.1. The molecule has 168 valence electrons. The largest absolute Gasteiger partial charge is 0.465 e. The quantitative estimate of drug-likeness (QED) is 0.405. The Morgan fingerprint density at radius 1 is 0.806 bits per heavy atom. The van der Waals surface area contributed by atoms with E-state index in [1.54, 1.807) is 0 Å². The van der Waals surface area contributed by atoms with Gasteiger partial charge in [-0.25, -0.2) is 9.59 Å². The first kappa shape index (κ1) is 23.3. The minimum absolute atomic E-state index is 0.0523. The van der Waals surface area contributed by atoms with Crippen molar-refractivity contribution in [2.45, 2.75) is 31.6 Å². The lowest BCUT2D eigenvalue weighted by Gasteiger charge is -2.25. The van der Waals surface area contributed by atoms with Gasteiger partial charge in [0.15, 0.2) is 0 Å². The van der Waals surface area contributed by atoms with Crippen LogP contribution in [0.15, 0.2) is 12.1 Å². The van der Waals surface area contributed by atoms with E-state index in [2.05, 4.69) is 9.47 Å². The molecule has 0 N–H and O–H groups in total. The van der Waals surface area contributed by atoms with Crippen LogP contribution in [0.3, 0.4) is 0 Å². The van der Waals surface area contributed by atoms with Crippen molar-refractivity contribution in [2.75, 3.05) is 14.2 Å². The van der Waals surface area contributed by atoms with Crippen molar-refractivity contribution >= 4 is 45.8 Å². The first-order chi connectivity index (χ1) is 14.2. The molecule has 2 aromatic rings. The molecule has 12 heteroatoms. The van der Waals surface area contributed by atoms with Crippen LogP contribution in [0.1, 0.15) is 40.2 Å². The van der Waals surface area contributed by atoms with E-state index in [9.17, 15) is 35.9 Å². The highest BCUT2D eigenvalue weighted by molar-refractivity contribution is 7.15. The van der Waals surface area contributed by atoms with E-state index in [1.165, 1.54) is 13.8 Å². The number of hydrogen-bond donors (Lipinski definition) is 0. The number of ether oxygens (including phenoxy) is 2. The van der Waals surface area contributed by atoms with Gasteiger partial charge in [0.2, 0.25) is 0 Å². The number of carbonyl (C=O) groups excluding carboxylic acids is 2. The van der Waals surface area contributed by atoms with Crippen LogP contribution in [0.25, 0.3) is 11.1 Å². The van der Waals surface area contributed by atoms with E-state index in [4.69, 9.17) is 0 Å². The average molecular weight is 484 g/mol. The first-order valence-electron chi connectivity index (χ1n) is 8.49. The molecular formula is C19H14F6O4S2. The zero-order chi connectivity index (χ0) is 23.5. The predicted molar refractivity (Wildman–Crippen MR) is 102 cm³/mol. The molecule has 0 atom stereocenters. The summed E-state index contributed by atoms with van der Waals surface area (Å²) in [7, 11) is 2.05. The number of esters is 2. The number of hydrogen-bond acceptors (Lipinski definition) is 6. The fourth-order valence-electron chi connectivity index (χ4n) is 3.25. The molecule has 3 rings (SSSR count). The van der Waals surface area contributed by atoms with Crippen LogP contribution in [0.5, 0.6) is 0 Å². The molecule has 0 aliphatic heterocycles. The fourth-order valence-corrected chi connectivity index (χ4v) is 5.37. The molecule has 2 heterocycles. The van der Waals surface area contributed by atoms with Crippen molar-refractivity contribution in [1.82, 2.24) is 0 Å². The summed E-state index contributed by atoms with van der Waals surface area (Å²) in [5.41, 5.74) is -3.87. The number of allylic oxidation sites excluding steroid dienone is 2. The SMILES string of the molecule is COC(=O)c1cc(C2=C(c3sc(C(=O)OC)cc3C)C(F)(F)C(F)(F)C2(F)F)c(C)s1. The molecule has 0 radical (unpaired) electrons. The van der Waals surface area contributed by atoms with Gasteiger partial charge in [0, 0.05) is 15.3 Å². The Balaban J connectivity index is 2.40. The van der Waals surface area contributed by atoms with E-state index in [0.717, 1.165) is 26.4 Å². The molecule has 0 spiro atoms. The van der Waals surface area contributed by atoms with E-state index < -0.39 is 51.3 Å². The molecule has 31 heavy (non-hydrogen) atoms. The van der Waals surface area contributed by atoms with Gasteiger partial charge in [-0.3, -0.25) is 0 Å². The van der Waals surface area contributed by atoms with E-state index in [1.807, 2.05) is 0 Å². The Labute approximate surface area is 180 Å². The fraction of sp³-hybridized carbons (Fsp3) is 0.368.